The molecule has 1 N–H and O–H groups in total. The van der Waals surface area contributed by atoms with Crippen molar-refractivity contribution in [1.82, 2.24) is 10.2 Å². The number of methoxy groups -OCH3 is 1. The second kappa shape index (κ2) is 13.7. The fraction of sp³-hybridized carbons (Fsp3) is 0.310. The molecule has 3 aromatic rings. The third-order valence-electron chi connectivity index (χ3n) is 5.86. The standard InChI is InChI=1S/C29H33BrN2O4/c1-4-21-14-15-27(25(30)17-21)36-20-28(33)32(19-23-12-9-13-24(16-23)35-3)26(29(34)31-5-2)18-22-10-7-6-8-11-22/h6-17,26H,4-5,18-20H2,1-3H3,(H,31,34). The smallest absolute Gasteiger partial charge is 0.261 e. The highest BCUT2D eigenvalue weighted by Gasteiger charge is 2.30. The molecule has 0 saturated carbocycles. The Labute approximate surface area is 221 Å². The van der Waals surface area contributed by atoms with Gasteiger partial charge in [-0.15, -0.1) is 0 Å². The number of carbonyl (C=O) groups excluding carboxylic acids is 2. The highest BCUT2D eigenvalue weighted by Crippen LogP contribution is 2.26. The zero-order chi connectivity index (χ0) is 25.9. The molecule has 0 fully saturated rings. The molecule has 3 aromatic carbocycles. The highest BCUT2D eigenvalue weighted by molar-refractivity contribution is 9.10. The Balaban J connectivity index is 1.90. The molecule has 2 amide bonds. The summed E-state index contributed by atoms with van der Waals surface area (Å²) >= 11 is 3.53. The van der Waals surface area contributed by atoms with Crippen molar-refractivity contribution in [2.45, 2.75) is 39.3 Å². The number of likely N-dealkylation sites (N-methyl/N-ethyl adjacent to an activating group) is 1. The molecule has 0 saturated heterocycles. The maximum Gasteiger partial charge on any atom is 0.261 e. The van der Waals surface area contributed by atoms with Gasteiger partial charge >= 0.3 is 0 Å². The van der Waals surface area contributed by atoms with Crippen LogP contribution in [0.2, 0.25) is 0 Å². The summed E-state index contributed by atoms with van der Waals surface area (Å²) in [5.74, 6) is 0.788. The molecule has 1 unspecified atom stereocenters. The number of hydrogen-bond donors (Lipinski definition) is 1. The minimum absolute atomic E-state index is 0.196. The third kappa shape index (κ3) is 7.59. The fourth-order valence-electron chi connectivity index (χ4n) is 3.92. The van der Waals surface area contributed by atoms with Crippen molar-refractivity contribution in [3.05, 3.63) is 94.0 Å². The molecule has 0 aliphatic heterocycles. The Morgan fingerprint density at radius 2 is 1.69 bits per heavy atom. The van der Waals surface area contributed by atoms with E-state index >= 15 is 0 Å². The van der Waals surface area contributed by atoms with E-state index < -0.39 is 6.04 Å². The minimum atomic E-state index is -0.708. The van der Waals surface area contributed by atoms with E-state index in [0.29, 0.717) is 24.5 Å². The molecular weight excluding hydrogens is 520 g/mol. The van der Waals surface area contributed by atoms with Crippen molar-refractivity contribution in [2.24, 2.45) is 0 Å². The summed E-state index contributed by atoms with van der Waals surface area (Å²) in [6.45, 7) is 4.46. The van der Waals surface area contributed by atoms with Crippen LogP contribution in [-0.2, 0) is 29.0 Å². The van der Waals surface area contributed by atoms with Crippen LogP contribution in [0.4, 0.5) is 0 Å². The van der Waals surface area contributed by atoms with E-state index in [9.17, 15) is 9.59 Å². The Morgan fingerprint density at radius 3 is 2.36 bits per heavy atom. The number of hydrogen-bond acceptors (Lipinski definition) is 4. The largest absolute Gasteiger partial charge is 0.497 e. The van der Waals surface area contributed by atoms with Gasteiger partial charge in [0.05, 0.1) is 11.6 Å². The summed E-state index contributed by atoms with van der Waals surface area (Å²) in [4.78, 5) is 28.5. The lowest BCUT2D eigenvalue weighted by Crippen LogP contribution is -2.51. The Morgan fingerprint density at radius 1 is 0.944 bits per heavy atom. The molecule has 190 valence electrons. The first kappa shape index (κ1) is 27.3. The van der Waals surface area contributed by atoms with E-state index in [1.165, 1.54) is 5.56 Å². The van der Waals surface area contributed by atoms with Crippen LogP contribution in [0, 0.1) is 0 Å². The van der Waals surface area contributed by atoms with Crippen molar-refractivity contribution in [3.63, 3.8) is 0 Å². The van der Waals surface area contributed by atoms with Gasteiger partial charge in [-0.1, -0.05) is 55.5 Å². The number of ether oxygens (including phenoxy) is 2. The number of nitrogens with one attached hydrogen (secondary N) is 1. The first-order valence-electron chi connectivity index (χ1n) is 12.1. The minimum Gasteiger partial charge on any atom is -0.497 e. The number of amides is 2. The molecule has 6 nitrogen and oxygen atoms in total. The molecule has 7 heteroatoms. The van der Waals surface area contributed by atoms with Gasteiger partial charge in [0.25, 0.3) is 5.91 Å². The first-order valence-corrected chi connectivity index (χ1v) is 12.9. The molecule has 0 bridgehead atoms. The molecule has 0 aromatic heterocycles. The van der Waals surface area contributed by atoms with Gasteiger partial charge in [-0.2, -0.15) is 0 Å². The second-order valence-electron chi connectivity index (χ2n) is 8.38. The van der Waals surface area contributed by atoms with Crippen molar-refractivity contribution in [2.75, 3.05) is 20.3 Å². The molecule has 3 rings (SSSR count). The van der Waals surface area contributed by atoms with Gasteiger partial charge in [0, 0.05) is 19.5 Å². The van der Waals surface area contributed by atoms with Gasteiger partial charge in [-0.05, 0) is 70.2 Å². The van der Waals surface area contributed by atoms with Gasteiger partial charge < -0.3 is 19.7 Å². The SMILES string of the molecule is CCNC(=O)C(Cc1ccccc1)N(Cc1cccc(OC)c1)C(=O)COc1ccc(CC)cc1Br. The lowest BCUT2D eigenvalue weighted by Gasteiger charge is -2.31. The maximum absolute atomic E-state index is 13.6. The average molecular weight is 553 g/mol. The summed E-state index contributed by atoms with van der Waals surface area (Å²) in [6.07, 6.45) is 1.29. The second-order valence-corrected chi connectivity index (χ2v) is 9.23. The number of nitrogens with zero attached hydrogens (tertiary/aromatic N) is 1. The normalized spacial score (nSPS) is 11.4. The van der Waals surface area contributed by atoms with E-state index in [0.717, 1.165) is 22.0 Å². The quantitative estimate of drug-likeness (QED) is 0.336. The van der Waals surface area contributed by atoms with Crippen LogP contribution in [0.1, 0.15) is 30.5 Å². The molecule has 0 aliphatic rings. The summed E-state index contributed by atoms with van der Waals surface area (Å²) in [5, 5.41) is 2.90. The zero-order valence-electron chi connectivity index (χ0n) is 21.0. The lowest BCUT2D eigenvalue weighted by atomic mass is 10.0. The van der Waals surface area contributed by atoms with E-state index in [1.807, 2.05) is 79.7 Å². The Bertz CT molecular complexity index is 1150. The molecular formula is C29H33BrN2O4. The molecule has 0 aliphatic carbocycles. The van der Waals surface area contributed by atoms with Crippen LogP contribution in [0.5, 0.6) is 11.5 Å². The zero-order valence-corrected chi connectivity index (χ0v) is 22.6. The van der Waals surface area contributed by atoms with Crippen LogP contribution < -0.4 is 14.8 Å². The average Bonchev–Trinajstić information content (AvgIpc) is 2.90. The highest BCUT2D eigenvalue weighted by atomic mass is 79.9. The predicted molar refractivity (Wildman–Crippen MR) is 145 cm³/mol. The molecule has 0 heterocycles. The van der Waals surface area contributed by atoms with Crippen molar-refractivity contribution >= 4 is 27.7 Å². The summed E-state index contributed by atoms with van der Waals surface area (Å²) in [5.41, 5.74) is 2.99. The molecule has 36 heavy (non-hydrogen) atoms. The van der Waals surface area contributed by atoms with Gasteiger partial charge in [-0.25, -0.2) is 0 Å². The third-order valence-corrected chi connectivity index (χ3v) is 6.48. The van der Waals surface area contributed by atoms with E-state index in [1.54, 1.807) is 12.0 Å². The number of halogens is 1. The number of rotatable bonds is 12. The Hall–Kier alpha value is -3.32. The van der Waals surface area contributed by atoms with Gasteiger partial charge in [0.2, 0.25) is 5.91 Å². The Kier molecular flexibility index (Phi) is 10.4. The molecule has 1 atom stereocenters. The van der Waals surface area contributed by atoms with Crippen molar-refractivity contribution < 1.29 is 19.1 Å². The van der Waals surface area contributed by atoms with Crippen molar-refractivity contribution in [3.8, 4) is 11.5 Å². The van der Waals surface area contributed by atoms with Crippen LogP contribution in [0.3, 0.4) is 0 Å². The monoisotopic (exact) mass is 552 g/mol. The first-order chi connectivity index (χ1) is 17.4. The fourth-order valence-corrected chi connectivity index (χ4v) is 4.46. The summed E-state index contributed by atoms with van der Waals surface area (Å²) in [7, 11) is 1.60. The number of carbonyl (C=O) groups is 2. The van der Waals surface area contributed by atoms with Crippen LogP contribution in [-0.4, -0.2) is 43.0 Å². The maximum atomic E-state index is 13.6. The van der Waals surface area contributed by atoms with Crippen LogP contribution in [0.25, 0.3) is 0 Å². The van der Waals surface area contributed by atoms with Crippen LogP contribution >= 0.6 is 15.9 Å². The van der Waals surface area contributed by atoms with Crippen molar-refractivity contribution in [1.29, 1.82) is 0 Å². The summed E-state index contributed by atoms with van der Waals surface area (Å²) in [6, 6.07) is 22.3. The lowest BCUT2D eigenvalue weighted by molar-refractivity contribution is -0.142. The predicted octanol–water partition coefficient (Wildman–Crippen LogP) is 5.18. The topological polar surface area (TPSA) is 67.9 Å². The number of benzene rings is 3. The van der Waals surface area contributed by atoms with Crippen LogP contribution in [0.15, 0.2) is 77.3 Å². The molecule has 0 spiro atoms. The summed E-state index contributed by atoms with van der Waals surface area (Å²) < 4.78 is 12.1. The van der Waals surface area contributed by atoms with Gasteiger partial charge in [-0.3, -0.25) is 9.59 Å². The number of aryl methyl sites for hydroxylation is 1. The van der Waals surface area contributed by atoms with E-state index in [4.69, 9.17) is 9.47 Å². The van der Waals surface area contributed by atoms with E-state index in [2.05, 4.69) is 28.2 Å². The van der Waals surface area contributed by atoms with Gasteiger partial charge in [0.1, 0.15) is 17.5 Å². The molecule has 0 radical (unpaired) electrons. The van der Waals surface area contributed by atoms with E-state index in [-0.39, 0.29) is 25.0 Å². The van der Waals surface area contributed by atoms with Gasteiger partial charge in [0.15, 0.2) is 6.61 Å².